The highest BCUT2D eigenvalue weighted by molar-refractivity contribution is 5.80. The third-order valence-corrected chi connectivity index (χ3v) is 4.76. The Morgan fingerprint density at radius 2 is 2.00 bits per heavy atom. The smallest absolute Gasteiger partial charge is 0.278 e. The summed E-state index contributed by atoms with van der Waals surface area (Å²) in [5.74, 6) is 1.13. The summed E-state index contributed by atoms with van der Waals surface area (Å²) in [4.78, 5) is 15.9. The summed E-state index contributed by atoms with van der Waals surface area (Å²) in [7, 11) is 1.71. The maximum absolute atomic E-state index is 12.2. The Bertz CT molecular complexity index is 522. The Kier molecular flexibility index (Phi) is 4.52. The number of nitrogens with zero attached hydrogens (tertiary/aromatic N) is 1. The average Bonchev–Trinajstić information content (AvgIpc) is 3.38. The Labute approximate surface area is 132 Å². The fourth-order valence-electron chi connectivity index (χ4n) is 3.10. The normalized spacial score (nSPS) is 20.5. The van der Waals surface area contributed by atoms with Gasteiger partial charge in [-0.1, -0.05) is 12.1 Å². The van der Waals surface area contributed by atoms with Gasteiger partial charge in [0.05, 0.1) is 39.0 Å². The molecule has 0 aromatic heterocycles. The lowest BCUT2D eigenvalue weighted by Gasteiger charge is -2.36. The summed E-state index contributed by atoms with van der Waals surface area (Å²) in [6, 6.07) is 8.63. The molecule has 1 heterocycles. The number of carbonyl (C=O) groups excluding carboxylic acids is 1. The van der Waals surface area contributed by atoms with E-state index in [9.17, 15) is 4.79 Å². The second-order valence-corrected chi connectivity index (χ2v) is 6.32. The fourth-order valence-corrected chi connectivity index (χ4v) is 3.10. The molecule has 0 unspecified atom stereocenters. The molecule has 2 aliphatic rings. The number of hydrogen-bond acceptors (Lipinski definition) is 3. The highest BCUT2D eigenvalue weighted by atomic mass is 16.5. The molecular weight excluding hydrogens is 278 g/mol. The topological polar surface area (TPSA) is 46.0 Å². The number of amides is 1. The lowest BCUT2D eigenvalue weighted by molar-refractivity contribution is -0.914. The molecule has 1 atom stereocenters. The zero-order valence-corrected chi connectivity index (χ0v) is 13.5. The van der Waals surface area contributed by atoms with Crippen molar-refractivity contribution in [1.82, 2.24) is 5.32 Å². The monoisotopic (exact) mass is 304 g/mol. The van der Waals surface area contributed by atoms with Crippen LogP contribution in [0.15, 0.2) is 24.3 Å². The molecule has 0 bridgehead atoms. The lowest BCUT2D eigenvalue weighted by Crippen LogP contribution is -3.19. The first-order valence-electron chi connectivity index (χ1n) is 8.22. The molecule has 22 heavy (non-hydrogen) atoms. The summed E-state index contributed by atoms with van der Waals surface area (Å²) in [5, 5.41) is 3.12. The van der Waals surface area contributed by atoms with Gasteiger partial charge in [0.15, 0.2) is 6.04 Å². The van der Waals surface area contributed by atoms with Crippen LogP contribution in [0.5, 0.6) is 5.75 Å². The Balaban J connectivity index is 1.56. The molecule has 0 radical (unpaired) electrons. The van der Waals surface area contributed by atoms with Crippen LogP contribution in [-0.2, 0) is 4.79 Å². The third-order valence-electron chi connectivity index (χ3n) is 4.76. The number of nitrogens with one attached hydrogen (secondary N) is 2. The van der Waals surface area contributed by atoms with E-state index >= 15 is 0 Å². The van der Waals surface area contributed by atoms with E-state index in [2.05, 4.69) is 16.3 Å². The lowest BCUT2D eigenvalue weighted by atomic mass is 10.2. The van der Waals surface area contributed by atoms with Crippen LogP contribution in [0.3, 0.4) is 0 Å². The molecule has 1 aliphatic heterocycles. The summed E-state index contributed by atoms with van der Waals surface area (Å²) in [6.45, 7) is 5.92. The van der Waals surface area contributed by atoms with Crippen molar-refractivity contribution >= 4 is 11.6 Å². The molecule has 2 N–H and O–H groups in total. The number of methoxy groups -OCH3 is 1. The molecule has 1 saturated carbocycles. The van der Waals surface area contributed by atoms with E-state index in [1.165, 1.54) is 4.90 Å². The highest BCUT2D eigenvalue weighted by Gasteiger charge is 2.32. The molecule has 0 spiro atoms. The van der Waals surface area contributed by atoms with Crippen LogP contribution in [0.2, 0.25) is 0 Å². The largest absolute Gasteiger partial charge is 0.495 e. The zero-order chi connectivity index (χ0) is 15.5. The van der Waals surface area contributed by atoms with E-state index < -0.39 is 0 Å². The minimum atomic E-state index is 0.0421. The highest BCUT2D eigenvalue weighted by Crippen LogP contribution is 2.27. The van der Waals surface area contributed by atoms with Crippen LogP contribution in [0, 0.1) is 0 Å². The van der Waals surface area contributed by atoms with E-state index in [1.807, 2.05) is 25.1 Å². The maximum Gasteiger partial charge on any atom is 0.278 e. The van der Waals surface area contributed by atoms with Crippen molar-refractivity contribution in [1.29, 1.82) is 0 Å². The minimum Gasteiger partial charge on any atom is -0.495 e. The van der Waals surface area contributed by atoms with Gasteiger partial charge in [-0.25, -0.2) is 0 Å². The van der Waals surface area contributed by atoms with Crippen molar-refractivity contribution in [2.24, 2.45) is 0 Å². The molecule has 2 fully saturated rings. The van der Waals surface area contributed by atoms with Crippen molar-refractivity contribution in [3.63, 3.8) is 0 Å². The molecule has 120 valence electrons. The first-order chi connectivity index (χ1) is 10.7. The summed E-state index contributed by atoms with van der Waals surface area (Å²) in [5.41, 5.74) is 1.15. The molecule has 1 aromatic carbocycles. The van der Waals surface area contributed by atoms with Gasteiger partial charge in [0.2, 0.25) is 0 Å². The number of rotatable bonds is 5. The number of para-hydroxylation sites is 2. The van der Waals surface area contributed by atoms with Crippen LogP contribution in [0.25, 0.3) is 0 Å². The van der Waals surface area contributed by atoms with Crippen molar-refractivity contribution < 1.29 is 14.4 Å². The van der Waals surface area contributed by atoms with Crippen molar-refractivity contribution in [3.05, 3.63) is 24.3 Å². The first-order valence-corrected chi connectivity index (χ1v) is 8.22. The third kappa shape index (κ3) is 3.35. The molecular formula is C17H26N3O2+. The van der Waals surface area contributed by atoms with Gasteiger partial charge in [-0.15, -0.1) is 0 Å². The number of hydrogen-bond donors (Lipinski definition) is 2. The second kappa shape index (κ2) is 6.57. The van der Waals surface area contributed by atoms with Crippen molar-refractivity contribution in [2.75, 3.05) is 38.2 Å². The molecule has 1 aliphatic carbocycles. The Hall–Kier alpha value is -1.75. The van der Waals surface area contributed by atoms with Crippen LogP contribution in [0.1, 0.15) is 19.8 Å². The number of benzene rings is 1. The summed E-state index contributed by atoms with van der Waals surface area (Å²) >= 11 is 0. The van der Waals surface area contributed by atoms with Gasteiger partial charge in [-0.3, -0.25) is 4.79 Å². The van der Waals surface area contributed by atoms with Crippen molar-refractivity contribution in [2.45, 2.75) is 31.8 Å². The first kappa shape index (κ1) is 15.2. The minimum absolute atomic E-state index is 0.0421. The standard InChI is InChI=1S/C17H25N3O2/c1-13(17(21)18-14-7-8-14)19-9-11-20(12-10-19)15-5-3-4-6-16(15)22-2/h3-6,13-14H,7-12H2,1-2H3,(H,18,21)/p+1/t13-/m0/s1. The van der Waals surface area contributed by atoms with Gasteiger partial charge >= 0.3 is 0 Å². The molecule has 1 saturated heterocycles. The number of carbonyl (C=O) groups is 1. The average molecular weight is 304 g/mol. The molecule has 5 nitrogen and oxygen atoms in total. The number of anilines is 1. The number of quaternary nitrogens is 1. The Morgan fingerprint density at radius 1 is 1.32 bits per heavy atom. The predicted molar refractivity (Wildman–Crippen MR) is 86.5 cm³/mol. The van der Waals surface area contributed by atoms with Gasteiger partial charge in [-0.05, 0) is 31.9 Å². The fraction of sp³-hybridized carbons (Fsp3) is 0.588. The zero-order valence-electron chi connectivity index (χ0n) is 13.5. The van der Waals surface area contributed by atoms with Crippen LogP contribution in [-0.4, -0.2) is 51.3 Å². The number of ether oxygens (including phenoxy) is 1. The van der Waals surface area contributed by atoms with Gasteiger partial charge in [0.1, 0.15) is 5.75 Å². The van der Waals surface area contributed by atoms with Crippen LogP contribution in [0.4, 0.5) is 5.69 Å². The second-order valence-electron chi connectivity index (χ2n) is 6.32. The van der Waals surface area contributed by atoms with E-state index in [0.717, 1.165) is 50.5 Å². The van der Waals surface area contributed by atoms with E-state index in [1.54, 1.807) is 7.11 Å². The summed E-state index contributed by atoms with van der Waals surface area (Å²) in [6.07, 6.45) is 2.30. The molecule has 1 amide bonds. The summed E-state index contributed by atoms with van der Waals surface area (Å²) < 4.78 is 5.45. The van der Waals surface area contributed by atoms with Crippen LogP contribution >= 0.6 is 0 Å². The van der Waals surface area contributed by atoms with Gasteiger partial charge in [-0.2, -0.15) is 0 Å². The number of piperazine rings is 1. The predicted octanol–water partition coefficient (Wildman–Crippen LogP) is 0.0672. The quantitative estimate of drug-likeness (QED) is 0.809. The van der Waals surface area contributed by atoms with Gasteiger partial charge in [0, 0.05) is 6.04 Å². The van der Waals surface area contributed by atoms with Gasteiger partial charge < -0.3 is 19.9 Å². The van der Waals surface area contributed by atoms with E-state index in [-0.39, 0.29) is 11.9 Å². The molecule has 1 aromatic rings. The molecule has 5 heteroatoms. The van der Waals surface area contributed by atoms with E-state index in [0.29, 0.717) is 6.04 Å². The SMILES string of the molecule is COc1ccccc1N1CC[NH+]([C@@H](C)C(=O)NC2CC2)CC1. The molecule has 3 rings (SSSR count). The van der Waals surface area contributed by atoms with Gasteiger partial charge in [0.25, 0.3) is 5.91 Å². The van der Waals surface area contributed by atoms with E-state index in [4.69, 9.17) is 4.74 Å². The Morgan fingerprint density at radius 3 is 2.64 bits per heavy atom. The van der Waals surface area contributed by atoms with Crippen LogP contribution < -0.4 is 19.9 Å². The maximum atomic E-state index is 12.2. The van der Waals surface area contributed by atoms with Crippen molar-refractivity contribution in [3.8, 4) is 5.75 Å².